The molecule has 0 spiro atoms. The molecule has 1 N–H and O–H groups in total. The summed E-state index contributed by atoms with van der Waals surface area (Å²) in [5, 5.41) is 11.9. The molecule has 2 aromatic carbocycles. The van der Waals surface area contributed by atoms with Crippen LogP contribution in [0.15, 0.2) is 60.7 Å². The Morgan fingerprint density at radius 1 is 0.882 bits per heavy atom. The van der Waals surface area contributed by atoms with Crippen LogP contribution in [0.1, 0.15) is 1.43 Å². The number of para-hydroxylation sites is 2. The van der Waals surface area contributed by atoms with Gasteiger partial charge in [0.25, 0.3) is 0 Å². The summed E-state index contributed by atoms with van der Waals surface area (Å²) in [7, 11) is 0. The Bertz CT molecular complexity index is 408. The standard InChI is InChI=1S/C12H11N.CHNS.Na.H/c1-3-7-11(8-4-1)13-12-9-5-2-6-10-12;2-1-3;;/h1-10,13H;3H;;/q;;+1;-1. The van der Waals surface area contributed by atoms with E-state index in [2.05, 4.69) is 17.9 Å². The fourth-order valence-electron chi connectivity index (χ4n) is 1.21. The minimum Gasteiger partial charge on any atom is -1.00 e. The molecule has 0 saturated carbocycles. The maximum absolute atomic E-state index is 7.18. The van der Waals surface area contributed by atoms with Gasteiger partial charge in [-0.3, -0.25) is 0 Å². The second kappa shape index (κ2) is 10.2. The predicted molar refractivity (Wildman–Crippen MR) is 71.9 cm³/mol. The zero-order valence-corrected chi connectivity index (χ0v) is 12.6. The van der Waals surface area contributed by atoms with Crippen LogP contribution in [-0.4, -0.2) is 0 Å². The summed E-state index contributed by atoms with van der Waals surface area (Å²) in [5.74, 6) is 0. The maximum atomic E-state index is 7.18. The molecule has 0 unspecified atom stereocenters. The van der Waals surface area contributed by atoms with Crippen LogP contribution >= 0.6 is 12.6 Å². The number of hydrogen-bond donors (Lipinski definition) is 2. The van der Waals surface area contributed by atoms with E-state index in [1.807, 2.05) is 60.7 Å². The minimum atomic E-state index is 0. The molecule has 0 amide bonds. The van der Waals surface area contributed by atoms with E-state index in [1.54, 1.807) is 0 Å². The second-order valence-corrected chi connectivity index (χ2v) is 3.16. The van der Waals surface area contributed by atoms with Gasteiger partial charge in [0.15, 0.2) is 0 Å². The normalized spacial score (nSPS) is 7.76. The molecule has 0 aliphatic rings. The molecule has 0 aromatic heterocycles. The topological polar surface area (TPSA) is 35.8 Å². The summed E-state index contributed by atoms with van der Waals surface area (Å²) in [6, 6.07) is 20.3. The monoisotopic (exact) mass is 252 g/mol. The van der Waals surface area contributed by atoms with Crippen LogP contribution in [0.25, 0.3) is 0 Å². The van der Waals surface area contributed by atoms with Gasteiger partial charge in [0, 0.05) is 11.4 Å². The number of nitrogens with one attached hydrogen (secondary N) is 1. The molecule has 0 aliphatic carbocycles. The number of benzene rings is 2. The van der Waals surface area contributed by atoms with Crippen molar-refractivity contribution in [2.75, 3.05) is 5.32 Å². The van der Waals surface area contributed by atoms with Gasteiger partial charge < -0.3 is 6.74 Å². The van der Waals surface area contributed by atoms with Crippen LogP contribution in [0, 0.1) is 10.7 Å². The van der Waals surface area contributed by atoms with Gasteiger partial charge >= 0.3 is 29.6 Å². The third-order valence-electron chi connectivity index (χ3n) is 1.84. The molecule has 0 saturated heterocycles. The van der Waals surface area contributed by atoms with Gasteiger partial charge in [0.1, 0.15) is 5.40 Å². The number of anilines is 2. The van der Waals surface area contributed by atoms with E-state index in [0.29, 0.717) is 0 Å². The van der Waals surface area contributed by atoms with Crippen molar-refractivity contribution >= 4 is 24.0 Å². The molecule has 0 heterocycles. The summed E-state index contributed by atoms with van der Waals surface area (Å²) in [6.07, 6.45) is 0. The number of nitriles is 1. The molecule has 0 radical (unpaired) electrons. The Labute approximate surface area is 131 Å². The van der Waals surface area contributed by atoms with Crippen molar-refractivity contribution in [1.29, 1.82) is 5.26 Å². The fourth-order valence-corrected chi connectivity index (χ4v) is 1.21. The Kier molecular flexibility index (Phi) is 9.69. The van der Waals surface area contributed by atoms with Crippen molar-refractivity contribution in [2.24, 2.45) is 0 Å². The Morgan fingerprint density at radius 3 is 1.47 bits per heavy atom. The Hall–Kier alpha value is -0.920. The van der Waals surface area contributed by atoms with Gasteiger partial charge in [-0.15, -0.1) is 0 Å². The first-order valence-electron chi connectivity index (χ1n) is 4.77. The van der Waals surface area contributed by atoms with E-state index in [-0.39, 0.29) is 31.0 Å². The number of thiocyanates is 1. The SMILES string of the molecule is N#CS.[H-].[Na+].c1ccc(Nc2ccccc2)cc1. The average molecular weight is 252 g/mol. The molecule has 2 rings (SSSR count). The third kappa shape index (κ3) is 7.09. The van der Waals surface area contributed by atoms with Crippen LogP contribution < -0.4 is 34.9 Å². The number of thiol groups is 1. The van der Waals surface area contributed by atoms with E-state index in [0.717, 1.165) is 11.4 Å². The van der Waals surface area contributed by atoms with Crippen molar-refractivity contribution in [1.82, 2.24) is 0 Å². The van der Waals surface area contributed by atoms with E-state index < -0.39 is 0 Å². The predicted octanol–water partition coefficient (Wildman–Crippen LogP) is 0.944. The quantitative estimate of drug-likeness (QED) is 0.474. The molecular formula is C13H13N2NaS. The first kappa shape index (κ1) is 16.1. The zero-order valence-electron chi connectivity index (χ0n) is 10.7. The number of nitrogens with zero attached hydrogens (tertiary/aromatic N) is 1. The third-order valence-corrected chi connectivity index (χ3v) is 1.84. The minimum absolute atomic E-state index is 0. The number of rotatable bonds is 2. The van der Waals surface area contributed by atoms with Crippen LogP contribution in [0.4, 0.5) is 11.4 Å². The van der Waals surface area contributed by atoms with Crippen LogP contribution in [0.2, 0.25) is 0 Å². The summed E-state index contributed by atoms with van der Waals surface area (Å²) >= 11 is 3.09. The zero-order chi connectivity index (χ0) is 11.6. The smallest absolute Gasteiger partial charge is 1.00 e. The summed E-state index contributed by atoms with van der Waals surface area (Å²) in [4.78, 5) is 0. The molecule has 0 fully saturated rings. The Balaban J connectivity index is 0. The maximum Gasteiger partial charge on any atom is 1.00 e. The fraction of sp³-hybridized carbons (Fsp3) is 0. The molecular weight excluding hydrogens is 239 g/mol. The van der Waals surface area contributed by atoms with Crippen molar-refractivity contribution in [2.45, 2.75) is 0 Å². The molecule has 0 aliphatic heterocycles. The Morgan fingerprint density at radius 2 is 1.18 bits per heavy atom. The van der Waals surface area contributed by atoms with E-state index in [4.69, 9.17) is 5.26 Å². The van der Waals surface area contributed by atoms with Crippen molar-refractivity contribution in [3.05, 3.63) is 60.7 Å². The molecule has 2 aromatic rings. The average Bonchev–Trinajstić information content (AvgIpc) is 2.33. The van der Waals surface area contributed by atoms with Gasteiger partial charge in [0.2, 0.25) is 0 Å². The summed E-state index contributed by atoms with van der Waals surface area (Å²) < 4.78 is 0. The van der Waals surface area contributed by atoms with Gasteiger partial charge in [0.05, 0.1) is 0 Å². The van der Waals surface area contributed by atoms with Crippen molar-refractivity contribution in [3.8, 4) is 5.40 Å². The molecule has 4 heteroatoms. The van der Waals surface area contributed by atoms with E-state index in [1.165, 1.54) is 5.40 Å². The largest absolute Gasteiger partial charge is 1.00 e. The van der Waals surface area contributed by atoms with Crippen LogP contribution in [0.5, 0.6) is 0 Å². The summed E-state index contributed by atoms with van der Waals surface area (Å²) in [5.41, 5.74) is 2.24. The van der Waals surface area contributed by atoms with Crippen molar-refractivity contribution < 1.29 is 31.0 Å². The van der Waals surface area contributed by atoms with Crippen LogP contribution in [-0.2, 0) is 0 Å². The molecule has 2 nitrogen and oxygen atoms in total. The van der Waals surface area contributed by atoms with E-state index in [9.17, 15) is 0 Å². The molecule has 0 bridgehead atoms. The van der Waals surface area contributed by atoms with E-state index >= 15 is 0 Å². The van der Waals surface area contributed by atoms with Gasteiger partial charge in [-0.05, 0) is 24.3 Å². The second-order valence-electron chi connectivity index (χ2n) is 2.96. The van der Waals surface area contributed by atoms with Gasteiger partial charge in [-0.25, -0.2) is 0 Å². The molecule has 0 atom stereocenters. The molecule has 17 heavy (non-hydrogen) atoms. The molecule has 82 valence electrons. The van der Waals surface area contributed by atoms with Crippen LogP contribution in [0.3, 0.4) is 0 Å². The summed E-state index contributed by atoms with van der Waals surface area (Å²) in [6.45, 7) is 0. The first-order valence-corrected chi connectivity index (χ1v) is 5.22. The first-order chi connectivity index (χ1) is 7.86. The van der Waals surface area contributed by atoms with Gasteiger partial charge in [-0.2, -0.15) is 5.26 Å². The number of hydrogen-bond acceptors (Lipinski definition) is 3. The van der Waals surface area contributed by atoms with Gasteiger partial charge in [-0.1, -0.05) is 49.0 Å². The van der Waals surface area contributed by atoms with Crippen molar-refractivity contribution in [3.63, 3.8) is 0 Å².